The van der Waals surface area contributed by atoms with Crippen molar-refractivity contribution in [1.29, 1.82) is 0 Å². The zero-order chi connectivity index (χ0) is 29.0. The summed E-state index contributed by atoms with van der Waals surface area (Å²) < 4.78 is 2.61. The van der Waals surface area contributed by atoms with Crippen molar-refractivity contribution in [2.45, 2.75) is 0 Å². The fourth-order valence-electron chi connectivity index (χ4n) is 6.70. The van der Waals surface area contributed by atoms with Gasteiger partial charge in [-0.25, -0.2) is 0 Å². The highest BCUT2D eigenvalue weighted by Crippen LogP contribution is 2.46. The Balaban J connectivity index is 1.33. The lowest BCUT2D eigenvalue weighted by atomic mass is 10.00. The molecule has 1 aromatic heterocycles. The molecule has 1 nitrogen and oxygen atoms in total. The van der Waals surface area contributed by atoms with Crippen LogP contribution in [0.1, 0.15) is 0 Å². The average molecular weight is 578 g/mol. The zero-order valence-electron chi connectivity index (χ0n) is 23.9. The van der Waals surface area contributed by atoms with E-state index < -0.39 is 0 Å². The van der Waals surface area contributed by atoms with Gasteiger partial charge in [-0.3, -0.25) is 0 Å². The van der Waals surface area contributed by atoms with E-state index in [2.05, 4.69) is 169 Å². The highest BCUT2D eigenvalue weighted by atomic mass is 32.1. The normalized spacial score (nSPS) is 11.6. The Labute approximate surface area is 259 Å². The van der Waals surface area contributed by atoms with E-state index in [-0.39, 0.29) is 0 Å². The first-order valence-corrected chi connectivity index (χ1v) is 15.8. The molecule has 0 aliphatic heterocycles. The first-order valence-electron chi connectivity index (χ1n) is 15.0. The first-order chi connectivity index (χ1) is 21.8. The summed E-state index contributed by atoms with van der Waals surface area (Å²) in [6.07, 6.45) is 0. The van der Waals surface area contributed by atoms with Crippen molar-refractivity contribution in [1.82, 2.24) is 0 Å². The van der Waals surface area contributed by atoms with Gasteiger partial charge in [-0.05, 0) is 92.0 Å². The Morgan fingerprint density at radius 2 is 1.05 bits per heavy atom. The lowest BCUT2D eigenvalue weighted by Crippen LogP contribution is -2.10. The molecule has 0 spiro atoms. The third-order valence-corrected chi connectivity index (χ3v) is 9.90. The number of anilines is 3. The number of hydrogen-bond acceptors (Lipinski definition) is 2. The number of benzene rings is 8. The molecule has 0 aliphatic carbocycles. The third-order valence-electron chi connectivity index (χ3n) is 8.78. The first kappa shape index (κ1) is 25.1. The molecule has 0 unspecified atom stereocenters. The molecule has 206 valence electrons. The van der Waals surface area contributed by atoms with Gasteiger partial charge in [-0.15, -0.1) is 11.3 Å². The topological polar surface area (TPSA) is 3.24 Å². The van der Waals surface area contributed by atoms with Crippen LogP contribution in [0.15, 0.2) is 164 Å². The van der Waals surface area contributed by atoms with E-state index in [0.29, 0.717) is 0 Å². The van der Waals surface area contributed by atoms with Gasteiger partial charge in [-0.2, -0.15) is 0 Å². The zero-order valence-corrected chi connectivity index (χ0v) is 24.8. The maximum absolute atomic E-state index is 2.45. The Bertz CT molecular complexity index is 2510. The Hall–Kier alpha value is -5.44. The van der Waals surface area contributed by atoms with E-state index in [1.54, 1.807) is 0 Å². The van der Waals surface area contributed by atoms with Crippen LogP contribution in [0, 0.1) is 0 Å². The Morgan fingerprint density at radius 3 is 1.93 bits per heavy atom. The molecule has 0 saturated carbocycles. The predicted octanol–water partition coefficient (Wildman–Crippen LogP) is 12.7. The molecule has 44 heavy (non-hydrogen) atoms. The second-order valence-corrected chi connectivity index (χ2v) is 12.5. The second-order valence-electron chi connectivity index (χ2n) is 11.4. The summed E-state index contributed by atoms with van der Waals surface area (Å²) in [5, 5.41) is 10.2. The van der Waals surface area contributed by atoms with Gasteiger partial charge in [0.2, 0.25) is 0 Å². The lowest BCUT2D eigenvalue weighted by molar-refractivity contribution is 1.31. The summed E-state index contributed by atoms with van der Waals surface area (Å²) in [5.41, 5.74) is 5.89. The molecule has 0 atom stereocenters. The molecule has 9 aromatic rings. The van der Waals surface area contributed by atoms with E-state index >= 15 is 0 Å². The van der Waals surface area contributed by atoms with E-state index in [0.717, 1.165) is 11.4 Å². The molecular formula is C42H27NS. The summed E-state index contributed by atoms with van der Waals surface area (Å²) in [6.45, 7) is 0. The number of nitrogens with zero attached hydrogens (tertiary/aromatic N) is 1. The molecule has 2 heteroatoms. The van der Waals surface area contributed by atoms with Crippen LogP contribution >= 0.6 is 11.3 Å². The second kappa shape index (κ2) is 10.1. The molecule has 0 saturated heterocycles. The lowest BCUT2D eigenvalue weighted by Gasteiger charge is -2.27. The van der Waals surface area contributed by atoms with Gasteiger partial charge in [0.25, 0.3) is 0 Å². The maximum atomic E-state index is 2.45. The van der Waals surface area contributed by atoms with Crippen LogP contribution in [0.3, 0.4) is 0 Å². The van der Waals surface area contributed by atoms with Crippen LogP contribution in [0.25, 0.3) is 63.6 Å². The molecule has 0 radical (unpaired) electrons. The minimum Gasteiger partial charge on any atom is -0.310 e. The molecule has 8 aromatic carbocycles. The van der Waals surface area contributed by atoms with Crippen LogP contribution in [0.5, 0.6) is 0 Å². The SMILES string of the molecule is c1ccc(-c2cccc(N(c3ccc4c(ccc5ccccc54)c3)c3cccc4sc5cc6ccccc6cc5c34)c2)cc1. The van der Waals surface area contributed by atoms with Gasteiger partial charge in [0.1, 0.15) is 0 Å². The number of rotatable bonds is 4. The van der Waals surface area contributed by atoms with Crippen molar-refractivity contribution >= 4 is 80.9 Å². The van der Waals surface area contributed by atoms with Crippen molar-refractivity contribution in [2.75, 3.05) is 4.90 Å². The minimum absolute atomic E-state index is 1.14. The van der Waals surface area contributed by atoms with E-state index in [4.69, 9.17) is 0 Å². The number of hydrogen-bond donors (Lipinski definition) is 0. The van der Waals surface area contributed by atoms with Gasteiger partial charge >= 0.3 is 0 Å². The van der Waals surface area contributed by atoms with Crippen molar-refractivity contribution < 1.29 is 0 Å². The van der Waals surface area contributed by atoms with E-state index in [1.807, 2.05) is 11.3 Å². The van der Waals surface area contributed by atoms with Gasteiger partial charge < -0.3 is 4.90 Å². The van der Waals surface area contributed by atoms with Gasteiger partial charge in [0.15, 0.2) is 0 Å². The van der Waals surface area contributed by atoms with Crippen molar-refractivity contribution in [2.24, 2.45) is 0 Å². The molecule has 0 aliphatic rings. The van der Waals surface area contributed by atoms with E-state index in [9.17, 15) is 0 Å². The highest BCUT2D eigenvalue weighted by Gasteiger charge is 2.20. The average Bonchev–Trinajstić information content (AvgIpc) is 3.46. The summed E-state index contributed by atoms with van der Waals surface area (Å²) in [7, 11) is 0. The smallest absolute Gasteiger partial charge is 0.0554 e. The fraction of sp³-hybridized carbons (Fsp3) is 0. The summed E-state index contributed by atoms with van der Waals surface area (Å²) in [4.78, 5) is 2.45. The van der Waals surface area contributed by atoms with Crippen molar-refractivity contribution in [3.8, 4) is 11.1 Å². The summed E-state index contributed by atoms with van der Waals surface area (Å²) in [6, 6.07) is 59.8. The number of thiophene rings is 1. The number of fused-ring (bicyclic) bond motifs is 7. The molecule has 0 fully saturated rings. The standard InChI is InChI=1S/C42H27NS/c1-2-10-28(11-3-1)30-15-8-16-34(24-30)43(35-22-23-37-33(25-35)21-20-29-12-6-7-17-36(29)37)39-18-9-19-40-42(39)38-26-31-13-4-5-14-32(31)27-41(38)44-40/h1-27H. The van der Waals surface area contributed by atoms with Crippen molar-refractivity contribution in [3.05, 3.63) is 164 Å². The molecule has 9 rings (SSSR count). The maximum Gasteiger partial charge on any atom is 0.0554 e. The van der Waals surface area contributed by atoms with Crippen molar-refractivity contribution in [3.63, 3.8) is 0 Å². The summed E-state index contributed by atoms with van der Waals surface area (Å²) >= 11 is 1.88. The monoisotopic (exact) mass is 577 g/mol. The summed E-state index contributed by atoms with van der Waals surface area (Å²) in [5.74, 6) is 0. The van der Waals surface area contributed by atoms with Crippen LogP contribution in [-0.2, 0) is 0 Å². The highest BCUT2D eigenvalue weighted by molar-refractivity contribution is 7.26. The molecule has 0 amide bonds. The molecule has 0 bridgehead atoms. The van der Waals surface area contributed by atoms with Crippen LogP contribution in [-0.4, -0.2) is 0 Å². The predicted molar refractivity (Wildman–Crippen MR) is 192 cm³/mol. The largest absolute Gasteiger partial charge is 0.310 e. The molecule has 1 heterocycles. The van der Waals surface area contributed by atoms with Gasteiger partial charge in [-0.1, -0.05) is 115 Å². The quantitative estimate of drug-likeness (QED) is 0.188. The van der Waals surface area contributed by atoms with Crippen LogP contribution in [0.2, 0.25) is 0 Å². The van der Waals surface area contributed by atoms with E-state index in [1.165, 1.54) is 69.3 Å². The minimum atomic E-state index is 1.14. The third kappa shape index (κ3) is 4.07. The van der Waals surface area contributed by atoms with Crippen LogP contribution < -0.4 is 4.90 Å². The Kier molecular flexibility index (Phi) is 5.75. The fourth-order valence-corrected chi connectivity index (χ4v) is 7.86. The van der Waals surface area contributed by atoms with Gasteiger partial charge in [0, 0.05) is 31.5 Å². The molecule has 0 N–H and O–H groups in total. The molecular weight excluding hydrogens is 551 g/mol. The Morgan fingerprint density at radius 1 is 0.364 bits per heavy atom. The van der Waals surface area contributed by atoms with Crippen LogP contribution in [0.4, 0.5) is 17.1 Å². The van der Waals surface area contributed by atoms with Gasteiger partial charge in [0.05, 0.1) is 5.69 Å².